The highest BCUT2D eigenvalue weighted by atomic mass is 32.1. The number of hydrogen-bond acceptors (Lipinski definition) is 4. The fourth-order valence-electron chi connectivity index (χ4n) is 2.28. The molecule has 0 bridgehead atoms. The Morgan fingerprint density at radius 3 is 2.58 bits per heavy atom. The number of rotatable bonds is 5. The summed E-state index contributed by atoms with van der Waals surface area (Å²) in [5, 5.41) is 3.71. The molecule has 0 aliphatic heterocycles. The molecule has 0 aliphatic carbocycles. The molecule has 3 aromatic rings. The van der Waals surface area contributed by atoms with Crippen LogP contribution in [0.3, 0.4) is 0 Å². The van der Waals surface area contributed by atoms with Gasteiger partial charge in [0, 0.05) is 29.3 Å². The first kappa shape index (κ1) is 16.3. The van der Waals surface area contributed by atoms with Crippen molar-refractivity contribution < 1.29 is 9.18 Å². The largest absolute Gasteiger partial charge is 0.346 e. The van der Waals surface area contributed by atoms with Crippen molar-refractivity contribution in [2.45, 2.75) is 19.9 Å². The zero-order valence-corrected chi connectivity index (χ0v) is 13.9. The van der Waals surface area contributed by atoms with E-state index < -0.39 is 0 Å². The molecule has 2 heterocycles. The zero-order chi connectivity index (χ0) is 16.9. The highest BCUT2D eigenvalue weighted by molar-refractivity contribution is 7.11. The summed E-state index contributed by atoms with van der Waals surface area (Å²) < 4.78 is 13.0. The average Bonchev–Trinajstić information content (AvgIpc) is 2.95. The van der Waals surface area contributed by atoms with E-state index in [1.807, 2.05) is 6.92 Å². The lowest BCUT2D eigenvalue weighted by atomic mass is 10.1. The van der Waals surface area contributed by atoms with Crippen LogP contribution < -0.4 is 5.32 Å². The van der Waals surface area contributed by atoms with Gasteiger partial charge in [-0.1, -0.05) is 12.1 Å². The molecule has 24 heavy (non-hydrogen) atoms. The number of halogens is 1. The number of nitrogens with zero attached hydrogens (tertiary/aromatic N) is 2. The number of nitrogens with one attached hydrogen (secondary N) is 1. The van der Waals surface area contributed by atoms with Gasteiger partial charge in [0.2, 0.25) is 0 Å². The van der Waals surface area contributed by atoms with Crippen LogP contribution in [0.5, 0.6) is 0 Å². The molecule has 0 spiro atoms. The molecular formula is C18H16FN3OS. The summed E-state index contributed by atoms with van der Waals surface area (Å²) in [6.45, 7) is 2.33. The minimum absolute atomic E-state index is 0.148. The van der Waals surface area contributed by atoms with Gasteiger partial charge in [0.05, 0.1) is 12.2 Å². The van der Waals surface area contributed by atoms with E-state index >= 15 is 0 Å². The fourth-order valence-corrected chi connectivity index (χ4v) is 3.32. The molecule has 1 N–H and O–H groups in total. The van der Waals surface area contributed by atoms with Crippen LogP contribution in [0.15, 0.2) is 48.8 Å². The number of thiazole rings is 1. The smallest absolute Gasteiger partial charge is 0.251 e. The van der Waals surface area contributed by atoms with Crippen molar-refractivity contribution in [3.63, 3.8) is 0 Å². The van der Waals surface area contributed by atoms with E-state index in [2.05, 4.69) is 15.3 Å². The zero-order valence-electron chi connectivity index (χ0n) is 13.1. The minimum atomic E-state index is -0.237. The normalized spacial score (nSPS) is 10.6. The monoisotopic (exact) mass is 341 g/mol. The summed E-state index contributed by atoms with van der Waals surface area (Å²) in [6.07, 6.45) is 3.88. The number of aromatic nitrogens is 2. The molecule has 0 saturated carbocycles. The molecule has 122 valence electrons. The van der Waals surface area contributed by atoms with Crippen molar-refractivity contribution in [3.05, 3.63) is 81.3 Å². The van der Waals surface area contributed by atoms with Crippen molar-refractivity contribution in [2.75, 3.05) is 0 Å². The highest BCUT2D eigenvalue weighted by Gasteiger charge is 2.10. The van der Waals surface area contributed by atoms with Gasteiger partial charge in [-0.2, -0.15) is 0 Å². The molecule has 6 heteroatoms. The predicted octanol–water partition coefficient (Wildman–Crippen LogP) is 3.51. The van der Waals surface area contributed by atoms with Crippen LogP contribution in [0.25, 0.3) is 0 Å². The topological polar surface area (TPSA) is 54.9 Å². The van der Waals surface area contributed by atoms with Crippen molar-refractivity contribution >= 4 is 17.2 Å². The Balaban J connectivity index is 1.63. The molecule has 0 fully saturated rings. The van der Waals surface area contributed by atoms with Gasteiger partial charge in [0.15, 0.2) is 0 Å². The van der Waals surface area contributed by atoms with Crippen LogP contribution in [0.2, 0.25) is 0 Å². The lowest BCUT2D eigenvalue weighted by molar-refractivity contribution is 0.0950. The molecule has 1 amide bonds. The Kier molecular flexibility index (Phi) is 4.96. The van der Waals surface area contributed by atoms with Gasteiger partial charge < -0.3 is 5.32 Å². The Bertz CT molecular complexity index is 831. The molecule has 0 unspecified atom stereocenters. The Morgan fingerprint density at radius 2 is 1.88 bits per heavy atom. The van der Waals surface area contributed by atoms with Crippen LogP contribution in [-0.4, -0.2) is 15.9 Å². The maximum absolute atomic E-state index is 13.0. The van der Waals surface area contributed by atoms with Crippen LogP contribution in [0.4, 0.5) is 4.39 Å². The molecular weight excluding hydrogens is 325 g/mol. The lowest BCUT2D eigenvalue weighted by Gasteiger charge is -2.02. The van der Waals surface area contributed by atoms with E-state index in [1.165, 1.54) is 12.1 Å². The Labute approximate surface area is 143 Å². The van der Waals surface area contributed by atoms with Gasteiger partial charge in [0.1, 0.15) is 10.8 Å². The first-order valence-corrected chi connectivity index (χ1v) is 8.31. The average molecular weight is 341 g/mol. The van der Waals surface area contributed by atoms with E-state index in [-0.39, 0.29) is 11.7 Å². The minimum Gasteiger partial charge on any atom is -0.346 e. The summed E-state index contributed by atoms with van der Waals surface area (Å²) in [4.78, 5) is 21.6. The number of amides is 1. The third-order valence-corrected chi connectivity index (χ3v) is 4.71. The van der Waals surface area contributed by atoms with Gasteiger partial charge in [-0.25, -0.2) is 9.37 Å². The van der Waals surface area contributed by atoms with Gasteiger partial charge in [0.25, 0.3) is 5.91 Å². The molecule has 4 nitrogen and oxygen atoms in total. The third-order valence-electron chi connectivity index (χ3n) is 3.56. The van der Waals surface area contributed by atoms with Crippen molar-refractivity contribution in [1.82, 2.24) is 15.3 Å². The van der Waals surface area contributed by atoms with E-state index in [1.54, 1.807) is 48.0 Å². The predicted molar refractivity (Wildman–Crippen MR) is 91.5 cm³/mol. The number of aryl methyl sites for hydroxylation is 1. The molecule has 2 aromatic heterocycles. The SMILES string of the molecule is Cc1nc(CNC(=O)c2ccncc2)sc1Cc1ccc(F)cc1. The number of pyridine rings is 1. The van der Waals surface area contributed by atoms with Gasteiger partial charge in [-0.05, 0) is 36.8 Å². The molecule has 0 atom stereocenters. The maximum atomic E-state index is 13.0. The van der Waals surface area contributed by atoms with Gasteiger partial charge in [-0.15, -0.1) is 11.3 Å². The van der Waals surface area contributed by atoms with Crippen molar-refractivity contribution in [1.29, 1.82) is 0 Å². The van der Waals surface area contributed by atoms with Crippen molar-refractivity contribution in [2.24, 2.45) is 0 Å². The first-order valence-electron chi connectivity index (χ1n) is 7.49. The first-order chi connectivity index (χ1) is 11.6. The molecule has 0 radical (unpaired) electrons. The second-order valence-corrected chi connectivity index (χ2v) is 6.51. The summed E-state index contributed by atoms with van der Waals surface area (Å²) in [5.74, 6) is -0.385. The van der Waals surface area contributed by atoms with Crippen LogP contribution >= 0.6 is 11.3 Å². The third kappa shape index (κ3) is 4.02. The van der Waals surface area contributed by atoms with Crippen molar-refractivity contribution in [3.8, 4) is 0 Å². The standard InChI is InChI=1S/C18H16FN3OS/c1-12-16(10-13-2-4-15(19)5-3-13)24-17(22-12)11-21-18(23)14-6-8-20-9-7-14/h2-9H,10-11H2,1H3,(H,21,23). The fraction of sp³-hybridized carbons (Fsp3) is 0.167. The van der Waals surface area contributed by atoms with Gasteiger partial charge in [-0.3, -0.25) is 9.78 Å². The molecule has 0 aliphatic rings. The van der Waals surface area contributed by atoms with Gasteiger partial charge >= 0.3 is 0 Å². The Morgan fingerprint density at radius 1 is 1.17 bits per heavy atom. The Hall–Kier alpha value is -2.60. The number of carbonyl (C=O) groups is 1. The second-order valence-electron chi connectivity index (χ2n) is 5.34. The summed E-state index contributed by atoms with van der Waals surface area (Å²) in [7, 11) is 0. The maximum Gasteiger partial charge on any atom is 0.251 e. The number of benzene rings is 1. The van der Waals surface area contributed by atoms with E-state index in [4.69, 9.17) is 0 Å². The quantitative estimate of drug-likeness (QED) is 0.773. The van der Waals surface area contributed by atoms with Crippen LogP contribution in [-0.2, 0) is 13.0 Å². The highest BCUT2D eigenvalue weighted by Crippen LogP contribution is 2.22. The van der Waals surface area contributed by atoms with E-state index in [9.17, 15) is 9.18 Å². The summed E-state index contributed by atoms with van der Waals surface area (Å²) in [6, 6.07) is 9.81. The van der Waals surface area contributed by atoms with E-state index in [0.29, 0.717) is 18.5 Å². The molecule has 3 rings (SSSR count). The van der Waals surface area contributed by atoms with Crippen LogP contribution in [0, 0.1) is 12.7 Å². The molecule has 0 saturated heterocycles. The van der Waals surface area contributed by atoms with E-state index in [0.717, 1.165) is 21.1 Å². The lowest BCUT2D eigenvalue weighted by Crippen LogP contribution is -2.22. The summed E-state index contributed by atoms with van der Waals surface area (Å²) in [5.41, 5.74) is 2.55. The second kappa shape index (κ2) is 7.31. The number of carbonyl (C=O) groups excluding carboxylic acids is 1. The summed E-state index contributed by atoms with van der Waals surface area (Å²) >= 11 is 1.56. The van der Waals surface area contributed by atoms with Crippen LogP contribution in [0.1, 0.15) is 31.5 Å². The molecule has 1 aromatic carbocycles. The number of hydrogen-bond donors (Lipinski definition) is 1.